The van der Waals surface area contributed by atoms with E-state index in [0.717, 1.165) is 6.42 Å². The Bertz CT molecular complexity index is 84.4. The molecule has 0 aromatic heterocycles. The van der Waals surface area contributed by atoms with Crippen molar-refractivity contribution in [2.45, 2.75) is 6.42 Å². The van der Waals surface area contributed by atoms with E-state index in [1.165, 1.54) is 0 Å². The van der Waals surface area contributed by atoms with Crippen LogP contribution in [0, 0.1) is 6.08 Å². The van der Waals surface area contributed by atoms with Crippen molar-refractivity contribution in [3.63, 3.8) is 0 Å². The minimum atomic E-state index is 0. The zero-order valence-corrected chi connectivity index (χ0v) is 10.6. The van der Waals surface area contributed by atoms with Gasteiger partial charge in [-0.25, -0.2) is 12.2 Å². The smallest absolute Gasteiger partial charge is 1.00 e. The molecule has 1 aliphatic carbocycles. The Morgan fingerprint density at radius 3 is 1.82 bits per heavy atom. The van der Waals surface area contributed by atoms with Crippen molar-refractivity contribution < 1.29 is 51.0 Å². The van der Waals surface area contributed by atoms with Crippen LogP contribution in [0.25, 0.3) is 5.32 Å². The molecule has 4 heteroatoms. The van der Waals surface area contributed by atoms with Crippen LogP contribution >= 0.6 is 0 Å². The molecule has 1 nitrogen and oxygen atoms in total. The summed E-state index contributed by atoms with van der Waals surface area (Å²) >= 11 is 0. The van der Waals surface area contributed by atoms with E-state index in [1.807, 2.05) is 12.2 Å². The molecule has 0 atom stereocenters. The normalized spacial score (nSPS) is 9.64. The molecule has 0 saturated heterocycles. The van der Waals surface area contributed by atoms with Gasteiger partial charge < -0.3 is 30.1 Å². The fourth-order valence-corrected chi connectivity index (χ4v) is 0.340. The zero-order valence-electron chi connectivity index (χ0n) is 6.64. The molecular formula is C7H11Cl2NZr. The molecule has 0 aromatic rings. The first-order valence-electron chi connectivity index (χ1n) is 2.61. The first-order chi connectivity index (χ1) is 3.91. The molecule has 0 aliphatic heterocycles. The van der Waals surface area contributed by atoms with Crippen molar-refractivity contribution in [2.75, 3.05) is 14.1 Å². The molecule has 1 rings (SSSR count). The predicted octanol–water partition coefficient (Wildman–Crippen LogP) is -4.07. The minimum Gasteiger partial charge on any atom is -1.00 e. The summed E-state index contributed by atoms with van der Waals surface area (Å²) in [4.78, 5) is 0. The molecule has 11 heavy (non-hydrogen) atoms. The molecule has 0 bridgehead atoms. The molecule has 0 radical (unpaired) electrons. The van der Waals surface area contributed by atoms with Crippen LogP contribution in [0.4, 0.5) is 0 Å². The van der Waals surface area contributed by atoms with E-state index in [0.29, 0.717) is 0 Å². The van der Waals surface area contributed by atoms with Gasteiger partial charge >= 0.3 is 26.2 Å². The molecule has 62 valence electrons. The maximum atomic E-state index is 3.50. The third-order valence-electron chi connectivity index (χ3n) is 0.586. The Balaban J connectivity index is -0.0000000379. The molecule has 1 aliphatic rings. The molecule has 0 unspecified atom stereocenters. The Labute approximate surface area is 101 Å². The van der Waals surface area contributed by atoms with E-state index in [-0.39, 0.29) is 51.0 Å². The fraction of sp³-hybridized carbons (Fsp3) is 0.429. The van der Waals surface area contributed by atoms with Crippen LogP contribution in [-0.2, 0) is 26.2 Å². The second-order valence-corrected chi connectivity index (χ2v) is 1.45. The van der Waals surface area contributed by atoms with Gasteiger partial charge in [-0.15, -0.1) is 6.42 Å². The summed E-state index contributed by atoms with van der Waals surface area (Å²) in [6.45, 7) is 0. The minimum absolute atomic E-state index is 0. The van der Waals surface area contributed by atoms with Gasteiger partial charge in [-0.3, -0.25) is 6.08 Å². The third kappa shape index (κ3) is 24.8. The van der Waals surface area contributed by atoms with Gasteiger partial charge in [0.05, 0.1) is 0 Å². The van der Waals surface area contributed by atoms with Gasteiger partial charge in [-0.2, -0.15) is 20.2 Å². The molecule has 0 N–H and O–H groups in total. The Morgan fingerprint density at radius 1 is 1.27 bits per heavy atom. The summed E-state index contributed by atoms with van der Waals surface area (Å²) in [5.41, 5.74) is 0. The largest absolute Gasteiger partial charge is 4.00 e. The van der Waals surface area contributed by atoms with E-state index in [4.69, 9.17) is 0 Å². The van der Waals surface area contributed by atoms with Crippen molar-refractivity contribution in [2.24, 2.45) is 0 Å². The summed E-state index contributed by atoms with van der Waals surface area (Å²) in [5.74, 6) is 0. The summed E-state index contributed by atoms with van der Waals surface area (Å²) in [6.07, 6.45) is 10.0. The molecule has 0 heterocycles. The average molecular weight is 271 g/mol. The van der Waals surface area contributed by atoms with Gasteiger partial charge in [0.1, 0.15) is 0 Å². The van der Waals surface area contributed by atoms with E-state index in [2.05, 4.69) is 17.5 Å². The fourth-order valence-electron chi connectivity index (χ4n) is 0.340. The van der Waals surface area contributed by atoms with Crippen molar-refractivity contribution in [1.82, 2.24) is 0 Å². The van der Waals surface area contributed by atoms with Gasteiger partial charge in [-0.05, 0) is 0 Å². The van der Waals surface area contributed by atoms with E-state index in [9.17, 15) is 0 Å². The van der Waals surface area contributed by atoms with Gasteiger partial charge in [0, 0.05) is 0 Å². The van der Waals surface area contributed by atoms with Crippen LogP contribution in [0.1, 0.15) is 6.42 Å². The number of nitrogens with zero attached hydrogens (tertiary/aromatic N) is 1. The number of hydrogen-bond donors (Lipinski definition) is 0. The number of hydrogen-bond acceptors (Lipinski definition) is 0. The maximum Gasteiger partial charge on any atom is 4.00 e. The van der Waals surface area contributed by atoms with Crippen LogP contribution in [0.5, 0.6) is 0 Å². The molecule has 0 saturated carbocycles. The van der Waals surface area contributed by atoms with Gasteiger partial charge in [0.2, 0.25) is 0 Å². The van der Waals surface area contributed by atoms with E-state index in [1.54, 1.807) is 14.1 Å². The Hall–Kier alpha value is 0.903. The van der Waals surface area contributed by atoms with Gasteiger partial charge in [-0.1, -0.05) is 0 Å². The summed E-state index contributed by atoms with van der Waals surface area (Å²) in [7, 11) is 3.50. The molecule has 0 fully saturated rings. The summed E-state index contributed by atoms with van der Waals surface area (Å²) < 4.78 is 0. The molecule has 0 aromatic carbocycles. The Morgan fingerprint density at radius 2 is 1.73 bits per heavy atom. The molecule has 0 spiro atoms. The average Bonchev–Trinajstić information content (AvgIpc) is 2.17. The monoisotopic (exact) mass is 269 g/mol. The van der Waals surface area contributed by atoms with E-state index >= 15 is 0 Å². The first kappa shape index (κ1) is 22.7. The third-order valence-corrected chi connectivity index (χ3v) is 0.586. The van der Waals surface area contributed by atoms with Crippen LogP contribution in [0.2, 0.25) is 0 Å². The van der Waals surface area contributed by atoms with Crippen LogP contribution < -0.4 is 24.8 Å². The van der Waals surface area contributed by atoms with Crippen LogP contribution in [0.3, 0.4) is 0 Å². The molecular weight excluding hydrogens is 260 g/mol. The standard InChI is InChI=1S/C5H5.C2H6N.2ClH.Zr/c1-2-4-5-3-1;1-3-2;;;/h1-3H,4H2;1-2H3;2*1H;/q2*-1;;;+4/p-2. The second kappa shape index (κ2) is 22.4. The van der Waals surface area contributed by atoms with Crippen molar-refractivity contribution >= 4 is 0 Å². The van der Waals surface area contributed by atoms with Crippen molar-refractivity contribution in [3.8, 4) is 0 Å². The number of halogens is 2. The Kier molecular flexibility index (Phi) is 46.2. The van der Waals surface area contributed by atoms with Crippen molar-refractivity contribution in [3.05, 3.63) is 29.6 Å². The van der Waals surface area contributed by atoms with Gasteiger partial charge in [0.15, 0.2) is 0 Å². The second-order valence-electron chi connectivity index (χ2n) is 1.45. The van der Waals surface area contributed by atoms with Crippen LogP contribution in [0.15, 0.2) is 18.2 Å². The number of allylic oxidation sites excluding steroid dienone is 4. The zero-order chi connectivity index (χ0) is 6.24. The molecule has 0 amide bonds. The van der Waals surface area contributed by atoms with Crippen molar-refractivity contribution in [1.29, 1.82) is 0 Å². The topological polar surface area (TPSA) is 14.1 Å². The summed E-state index contributed by atoms with van der Waals surface area (Å²) in [6, 6.07) is 0. The number of rotatable bonds is 0. The van der Waals surface area contributed by atoms with Gasteiger partial charge in [0.25, 0.3) is 0 Å². The SMILES string of the molecule is C[N-]C.[C-]1=CC=CC1.[Cl-].[Cl-].[Zr+4]. The van der Waals surface area contributed by atoms with E-state index < -0.39 is 0 Å². The summed E-state index contributed by atoms with van der Waals surface area (Å²) in [5, 5.41) is 3.50. The van der Waals surface area contributed by atoms with Crippen LogP contribution in [-0.4, -0.2) is 14.1 Å². The quantitative estimate of drug-likeness (QED) is 0.398. The predicted molar refractivity (Wildman–Crippen MR) is 36.8 cm³/mol. The first-order valence-corrected chi connectivity index (χ1v) is 2.61. The maximum absolute atomic E-state index is 3.50.